The Morgan fingerprint density at radius 3 is 2.58 bits per heavy atom. The first-order chi connectivity index (χ1) is 15.9. The van der Waals surface area contributed by atoms with Crippen LogP contribution in [0.5, 0.6) is 5.75 Å². The zero-order chi connectivity index (χ0) is 23.7. The predicted octanol–water partition coefficient (Wildman–Crippen LogP) is 3.86. The Balaban J connectivity index is 1.69. The molecule has 1 aromatic carbocycles. The van der Waals surface area contributed by atoms with Crippen molar-refractivity contribution in [3.05, 3.63) is 64.1 Å². The van der Waals surface area contributed by atoms with Gasteiger partial charge in [0, 0.05) is 44.3 Å². The van der Waals surface area contributed by atoms with Crippen molar-refractivity contribution in [2.75, 3.05) is 25.1 Å². The second-order valence-corrected chi connectivity index (χ2v) is 8.81. The van der Waals surface area contributed by atoms with Crippen molar-refractivity contribution in [1.82, 2.24) is 14.5 Å². The summed E-state index contributed by atoms with van der Waals surface area (Å²) in [4.78, 5) is 22.2. The summed E-state index contributed by atoms with van der Waals surface area (Å²) >= 11 is 0. The maximum absolute atomic E-state index is 12.7. The molecule has 7 heteroatoms. The van der Waals surface area contributed by atoms with Gasteiger partial charge in [-0.2, -0.15) is 5.26 Å². The fourth-order valence-electron chi connectivity index (χ4n) is 4.91. The van der Waals surface area contributed by atoms with Gasteiger partial charge < -0.3 is 14.2 Å². The number of piperazine rings is 1. The third-order valence-electron chi connectivity index (χ3n) is 6.94. The fourth-order valence-corrected chi connectivity index (χ4v) is 4.91. The SMILES string of the molecule is CCC1CN(c2cc(=O)n(C)c3ccc(C#N)nc23)[C@@H](C)CN1C(C)c1ccc(OC)cc1. The topological polar surface area (TPSA) is 74.4 Å². The Kier molecular flexibility index (Phi) is 6.39. The van der Waals surface area contributed by atoms with Crippen LogP contribution in [0.3, 0.4) is 0 Å². The molecule has 172 valence electrons. The maximum Gasteiger partial charge on any atom is 0.252 e. The molecule has 0 amide bonds. The number of fused-ring (bicyclic) bond motifs is 1. The maximum atomic E-state index is 12.7. The Hall–Kier alpha value is -3.37. The van der Waals surface area contributed by atoms with Crippen LogP contribution in [0, 0.1) is 11.3 Å². The molecule has 1 fully saturated rings. The summed E-state index contributed by atoms with van der Waals surface area (Å²) in [6, 6.07) is 16.3. The molecule has 7 nitrogen and oxygen atoms in total. The van der Waals surface area contributed by atoms with E-state index in [1.807, 2.05) is 18.2 Å². The van der Waals surface area contributed by atoms with Gasteiger partial charge in [0.25, 0.3) is 5.56 Å². The van der Waals surface area contributed by atoms with Gasteiger partial charge in [-0.25, -0.2) is 4.98 Å². The van der Waals surface area contributed by atoms with Gasteiger partial charge >= 0.3 is 0 Å². The smallest absolute Gasteiger partial charge is 0.252 e. The minimum absolute atomic E-state index is 0.0710. The van der Waals surface area contributed by atoms with E-state index in [9.17, 15) is 10.1 Å². The van der Waals surface area contributed by atoms with Crippen LogP contribution < -0.4 is 15.2 Å². The molecule has 1 aliphatic heterocycles. The molecular weight excluding hydrogens is 414 g/mol. The number of hydrogen-bond acceptors (Lipinski definition) is 6. The summed E-state index contributed by atoms with van der Waals surface area (Å²) in [7, 11) is 3.43. The molecule has 0 saturated carbocycles. The standard InChI is InChI=1S/C26H31N5O2/c1-6-21-16-30(17(2)15-31(21)18(3)19-7-10-22(33-5)11-8-19)24-13-25(32)29(4)23-12-9-20(14-27)28-26(23)24/h7-13,17-18,21H,6,15-16H2,1-5H3/t17-,18?,21?/m0/s1. The van der Waals surface area contributed by atoms with Gasteiger partial charge in [0.1, 0.15) is 23.0 Å². The van der Waals surface area contributed by atoms with Crippen LogP contribution >= 0.6 is 0 Å². The molecule has 2 aromatic heterocycles. The van der Waals surface area contributed by atoms with E-state index in [-0.39, 0.29) is 17.6 Å². The molecule has 0 N–H and O–H groups in total. The lowest BCUT2D eigenvalue weighted by Gasteiger charge is -2.48. The van der Waals surface area contributed by atoms with Crippen LogP contribution in [0.25, 0.3) is 11.0 Å². The lowest BCUT2D eigenvalue weighted by molar-refractivity contribution is 0.106. The number of methoxy groups -OCH3 is 1. The van der Waals surface area contributed by atoms with Crippen molar-refractivity contribution in [2.45, 2.75) is 45.3 Å². The van der Waals surface area contributed by atoms with Crippen LogP contribution in [0.4, 0.5) is 5.69 Å². The number of rotatable bonds is 5. The van der Waals surface area contributed by atoms with E-state index in [0.29, 0.717) is 17.3 Å². The third-order valence-corrected chi connectivity index (χ3v) is 6.94. The second kappa shape index (κ2) is 9.24. The molecule has 1 aliphatic rings. The number of nitriles is 1. The quantitative estimate of drug-likeness (QED) is 0.594. The number of ether oxygens (including phenoxy) is 1. The van der Waals surface area contributed by atoms with Crippen LogP contribution in [-0.2, 0) is 7.05 Å². The highest BCUT2D eigenvalue weighted by Crippen LogP contribution is 2.33. The largest absolute Gasteiger partial charge is 0.497 e. The van der Waals surface area contributed by atoms with E-state index < -0.39 is 0 Å². The summed E-state index contributed by atoms with van der Waals surface area (Å²) in [5, 5.41) is 9.38. The number of nitrogens with zero attached hydrogens (tertiary/aromatic N) is 5. The Morgan fingerprint density at radius 2 is 1.94 bits per heavy atom. The van der Waals surface area contributed by atoms with Gasteiger partial charge in [-0.3, -0.25) is 9.69 Å². The van der Waals surface area contributed by atoms with Gasteiger partial charge in [0.15, 0.2) is 0 Å². The zero-order valence-electron chi connectivity index (χ0n) is 19.9. The third kappa shape index (κ3) is 4.19. The highest BCUT2D eigenvalue weighted by atomic mass is 16.5. The van der Waals surface area contributed by atoms with Crippen LogP contribution in [-0.4, -0.2) is 46.7 Å². The molecule has 1 saturated heterocycles. The molecule has 0 radical (unpaired) electrons. The molecule has 0 bridgehead atoms. The highest BCUT2D eigenvalue weighted by Gasteiger charge is 2.35. The van der Waals surface area contributed by atoms with Crippen molar-refractivity contribution in [3.8, 4) is 11.8 Å². The number of benzene rings is 1. The van der Waals surface area contributed by atoms with Crippen LogP contribution in [0.2, 0.25) is 0 Å². The normalized spacial score (nSPS) is 19.9. The summed E-state index contributed by atoms with van der Waals surface area (Å²) in [6.07, 6.45) is 0.989. The second-order valence-electron chi connectivity index (χ2n) is 8.81. The summed E-state index contributed by atoms with van der Waals surface area (Å²) in [5.74, 6) is 0.859. The van der Waals surface area contributed by atoms with Gasteiger partial charge in [-0.1, -0.05) is 19.1 Å². The lowest BCUT2D eigenvalue weighted by Crippen LogP contribution is -2.58. The molecular formula is C26H31N5O2. The first kappa shape index (κ1) is 22.8. The van der Waals surface area contributed by atoms with Crippen molar-refractivity contribution in [3.63, 3.8) is 0 Å². The average Bonchev–Trinajstić information content (AvgIpc) is 2.85. The van der Waals surface area contributed by atoms with E-state index in [1.54, 1.807) is 30.9 Å². The fraction of sp³-hybridized carbons (Fsp3) is 0.423. The summed E-state index contributed by atoms with van der Waals surface area (Å²) < 4.78 is 6.91. The van der Waals surface area contributed by atoms with E-state index in [2.05, 4.69) is 53.8 Å². The van der Waals surface area contributed by atoms with Crippen LogP contribution in [0.15, 0.2) is 47.3 Å². The molecule has 33 heavy (non-hydrogen) atoms. The van der Waals surface area contributed by atoms with Gasteiger partial charge in [0.2, 0.25) is 0 Å². The van der Waals surface area contributed by atoms with E-state index >= 15 is 0 Å². The first-order valence-corrected chi connectivity index (χ1v) is 11.4. The predicted molar refractivity (Wildman–Crippen MR) is 131 cm³/mol. The van der Waals surface area contributed by atoms with Crippen molar-refractivity contribution >= 4 is 16.7 Å². The van der Waals surface area contributed by atoms with Crippen molar-refractivity contribution in [2.24, 2.45) is 7.05 Å². The molecule has 3 atom stereocenters. The van der Waals surface area contributed by atoms with Gasteiger partial charge in [0.05, 0.1) is 18.3 Å². The average molecular weight is 446 g/mol. The minimum Gasteiger partial charge on any atom is -0.497 e. The summed E-state index contributed by atoms with van der Waals surface area (Å²) in [6.45, 7) is 8.30. The Labute approximate surface area is 194 Å². The monoisotopic (exact) mass is 445 g/mol. The first-order valence-electron chi connectivity index (χ1n) is 11.4. The summed E-state index contributed by atoms with van der Waals surface area (Å²) in [5.41, 5.74) is 3.80. The van der Waals surface area contributed by atoms with Crippen molar-refractivity contribution < 1.29 is 4.74 Å². The van der Waals surface area contributed by atoms with Gasteiger partial charge in [-0.05, 0) is 50.1 Å². The number of pyridine rings is 2. The molecule has 2 unspecified atom stereocenters. The molecule has 0 spiro atoms. The molecule has 3 aromatic rings. The molecule has 4 rings (SSSR count). The Bertz CT molecular complexity index is 1240. The number of hydrogen-bond donors (Lipinski definition) is 0. The van der Waals surface area contributed by atoms with Gasteiger partial charge in [-0.15, -0.1) is 0 Å². The van der Waals surface area contributed by atoms with E-state index in [4.69, 9.17) is 4.74 Å². The number of anilines is 1. The lowest BCUT2D eigenvalue weighted by atomic mass is 9.98. The van der Waals surface area contributed by atoms with Crippen LogP contribution in [0.1, 0.15) is 44.5 Å². The molecule has 3 heterocycles. The number of aromatic nitrogens is 2. The van der Waals surface area contributed by atoms with Crippen molar-refractivity contribution in [1.29, 1.82) is 5.26 Å². The molecule has 0 aliphatic carbocycles. The Morgan fingerprint density at radius 1 is 1.21 bits per heavy atom. The van der Waals surface area contributed by atoms with E-state index in [1.165, 1.54) is 5.56 Å². The minimum atomic E-state index is -0.0710. The van der Waals surface area contributed by atoms with E-state index in [0.717, 1.165) is 36.5 Å². The zero-order valence-corrected chi connectivity index (χ0v) is 19.9. The number of aryl methyl sites for hydroxylation is 1. The highest BCUT2D eigenvalue weighted by molar-refractivity contribution is 5.89.